The summed E-state index contributed by atoms with van der Waals surface area (Å²) in [5, 5.41) is 20.2. The average molecular weight is 358 g/mol. The van der Waals surface area contributed by atoms with Gasteiger partial charge in [0.2, 0.25) is 0 Å². The first-order valence-corrected chi connectivity index (χ1v) is 10.7. The first kappa shape index (κ1) is 18.5. The first-order valence-electron chi connectivity index (χ1n) is 10.7. The van der Waals surface area contributed by atoms with Gasteiger partial charge in [0, 0.05) is 12.5 Å². The van der Waals surface area contributed by atoms with Gasteiger partial charge in [-0.15, -0.1) is 0 Å². The molecule has 0 aromatic carbocycles. The minimum Gasteiger partial charge on any atom is -0.396 e. The standard InChI is InChI=1S/C23H35NO2/c1-14(24-4)18-7-8-19-17-6-5-16-11-21(26)15(13-25)12-23(16,3)20(17)9-10-22(18,19)2/h15-17,19-21,25-26H,5-13H2,1-3H3/b18-14-/t15-,16+,17+,19+,20+,21+,22-,23+/m1/s1. The first-order chi connectivity index (χ1) is 12.3. The van der Waals surface area contributed by atoms with Crippen LogP contribution in [0, 0.1) is 47.0 Å². The second-order valence-electron chi connectivity index (χ2n) is 10.3. The molecule has 0 aliphatic heterocycles. The van der Waals surface area contributed by atoms with Crippen LogP contribution in [0.4, 0.5) is 0 Å². The highest BCUT2D eigenvalue weighted by Gasteiger charge is 2.60. The van der Waals surface area contributed by atoms with Crippen molar-refractivity contribution in [3.05, 3.63) is 22.7 Å². The molecule has 0 amide bonds. The Morgan fingerprint density at radius 1 is 1.19 bits per heavy atom. The summed E-state index contributed by atoms with van der Waals surface area (Å²) in [4.78, 5) is 3.79. The van der Waals surface area contributed by atoms with Crippen molar-refractivity contribution in [1.29, 1.82) is 0 Å². The molecule has 0 saturated heterocycles. The molecule has 0 heterocycles. The van der Waals surface area contributed by atoms with Crippen molar-refractivity contribution in [3.8, 4) is 0 Å². The van der Waals surface area contributed by atoms with E-state index in [1.54, 1.807) is 0 Å². The summed E-state index contributed by atoms with van der Waals surface area (Å²) in [5.41, 5.74) is 2.92. The number of hydrogen-bond donors (Lipinski definition) is 2. The molecule has 2 N–H and O–H groups in total. The Balaban J connectivity index is 1.65. The zero-order valence-corrected chi connectivity index (χ0v) is 16.7. The van der Waals surface area contributed by atoms with Crippen molar-refractivity contribution < 1.29 is 10.2 Å². The predicted molar refractivity (Wildman–Crippen MR) is 103 cm³/mol. The number of aliphatic hydroxyl groups is 2. The van der Waals surface area contributed by atoms with Crippen LogP contribution in [0.15, 0.2) is 11.3 Å². The van der Waals surface area contributed by atoms with E-state index in [0.29, 0.717) is 5.92 Å². The van der Waals surface area contributed by atoms with Crippen LogP contribution in [0.3, 0.4) is 0 Å². The van der Waals surface area contributed by atoms with Crippen LogP contribution >= 0.6 is 0 Å². The van der Waals surface area contributed by atoms with Crippen molar-refractivity contribution in [2.75, 3.05) is 6.61 Å². The molecule has 4 saturated carbocycles. The molecule has 0 aromatic heterocycles. The Hall–Kier alpha value is -0.850. The zero-order chi connectivity index (χ0) is 18.7. The maximum absolute atomic E-state index is 10.4. The molecule has 4 aliphatic carbocycles. The number of fused-ring (bicyclic) bond motifs is 5. The van der Waals surface area contributed by atoms with Gasteiger partial charge < -0.3 is 10.2 Å². The minimum absolute atomic E-state index is 0.0618. The van der Waals surface area contributed by atoms with E-state index >= 15 is 0 Å². The van der Waals surface area contributed by atoms with Gasteiger partial charge in [-0.25, -0.2) is 4.85 Å². The van der Waals surface area contributed by atoms with Crippen LogP contribution in [0.5, 0.6) is 0 Å². The number of nitrogens with zero attached hydrogens (tertiary/aromatic N) is 1. The number of hydrogen-bond acceptors (Lipinski definition) is 2. The fraction of sp³-hybridized carbons (Fsp3) is 0.870. The van der Waals surface area contributed by atoms with Gasteiger partial charge >= 0.3 is 0 Å². The lowest BCUT2D eigenvalue weighted by Crippen LogP contribution is -2.55. The molecule has 0 unspecified atom stereocenters. The molecule has 3 heteroatoms. The quantitative estimate of drug-likeness (QED) is 0.662. The number of aliphatic hydroxyl groups excluding tert-OH is 2. The largest absolute Gasteiger partial charge is 0.396 e. The monoisotopic (exact) mass is 357 g/mol. The highest BCUT2D eigenvalue weighted by molar-refractivity contribution is 5.31. The van der Waals surface area contributed by atoms with Crippen LogP contribution < -0.4 is 0 Å². The molecule has 0 spiro atoms. The van der Waals surface area contributed by atoms with Crippen molar-refractivity contribution in [1.82, 2.24) is 0 Å². The predicted octanol–water partition coefficient (Wildman–Crippen LogP) is 4.80. The highest BCUT2D eigenvalue weighted by Crippen LogP contribution is 2.68. The van der Waals surface area contributed by atoms with E-state index in [9.17, 15) is 10.2 Å². The van der Waals surface area contributed by atoms with E-state index in [-0.39, 0.29) is 29.5 Å². The molecule has 8 atom stereocenters. The summed E-state index contributed by atoms with van der Waals surface area (Å²) in [7, 11) is 0. The van der Waals surface area contributed by atoms with Gasteiger partial charge in [-0.05, 0) is 92.8 Å². The fourth-order valence-corrected chi connectivity index (χ4v) is 8.09. The third-order valence-corrected chi connectivity index (χ3v) is 9.46. The Morgan fingerprint density at radius 3 is 2.65 bits per heavy atom. The van der Waals surface area contributed by atoms with Crippen LogP contribution in [0.1, 0.15) is 72.1 Å². The van der Waals surface area contributed by atoms with Gasteiger partial charge in [0.05, 0.1) is 12.7 Å². The van der Waals surface area contributed by atoms with Crippen LogP contribution in [0.25, 0.3) is 4.85 Å². The SMILES string of the molecule is [C-]#[N+]/C(C)=C1/CC[C@H]2[C@@H]3CC[C@H]4C[C@H](O)[C@@H](CO)C[C@]4(C)[C@H]3CC[C@]12C. The fourth-order valence-electron chi connectivity index (χ4n) is 8.09. The van der Waals surface area contributed by atoms with Crippen molar-refractivity contribution in [2.45, 2.75) is 78.2 Å². The van der Waals surface area contributed by atoms with Crippen LogP contribution in [-0.4, -0.2) is 22.9 Å². The molecule has 3 nitrogen and oxygen atoms in total. The highest BCUT2D eigenvalue weighted by atomic mass is 16.3. The Bertz CT molecular complexity index is 649. The normalized spacial score (nSPS) is 52.5. The molecule has 0 aromatic rings. The summed E-state index contributed by atoms with van der Waals surface area (Å²) in [6.07, 6.45) is 8.95. The Labute approximate surface area is 158 Å². The van der Waals surface area contributed by atoms with E-state index in [1.165, 1.54) is 37.7 Å². The number of allylic oxidation sites excluding steroid dienone is 2. The van der Waals surface area contributed by atoms with Crippen LogP contribution in [0.2, 0.25) is 0 Å². The van der Waals surface area contributed by atoms with Crippen LogP contribution in [-0.2, 0) is 0 Å². The Morgan fingerprint density at radius 2 is 1.96 bits per heavy atom. The van der Waals surface area contributed by atoms with E-state index < -0.39 is 0 Å². The number of rotatable bonds is 1. The maximum atomic E-state index is 10.4. The molecule has 0 bridgehead atoms. The van der Waals surface area contributed by atoms with E-state index in [0.717, 1.165) is 42.7 Å². The Kier molecular flexibility index (Phi) is 4.52. The van der Waals surface area contributed by atoms with Gasteiger partial charge in [-0.1, -0.05) is 19.4 Å². The lowest BCUT2D eigenvalue weighted by atomic mass is 9.44. The van der Waals surface area contributed by atoms with E-state index in [2.05, 4.69) is 18.7 Å². The smallest absolute Gasteiger partial charge is 0.162 e. The second-order valence-corrected chi connectivity index (χ2v) is 10.3. The van der Waals surface area contributed by atoms with E-state index in [4.69, 9.17) is 6.57 Å². The molecule has 4 fully saturated rings. The molecule has 0 radical (unpaired) electrons. The lowest BCUT2D eigenvalue weighted by Gasteiger charge is -2.61. The van der Waals surface area contributed by atoms with Crippen molar-refractivity contribution in [3.63, 3.8) is 0 Å². The summed E-state index contributed by atoms with van der Waals surface area (Å²) >= 11 is 0. The molecular formula is C23H35NO2. The zero-order valence-electron chi connectivity index (χ0n) is 16.7. The average Bonchev–Trinajstić information content (AvgIpc) is 2.98. The molecular weight excluding hydrogens is 322 g/mol. The second kappa shape index (κ2) is 6.35. The topological polar surface area (TPSA) is 44.8 Å². The van der Waals surface area contributed by atoms with Gasteiger partial charge in [0.25, 0.3) is 0 Å². The third-order valence-electron chi connectivity index (χ3n) is 9.46. The molecule has 4 rings (SSSR count). The summed E-state index contributed by atoms with van der Waals surface area (Å²) in [5.74, 6) is 2.90. The lowest BCUT2D eigenvalue weighted by molar-refractivity contribution is -0.140. The third kappa shape index (κ3) is 2.45. The molecule has 4 aliphatic rings. The summed E-state index contributed by atoms with van der Waals surface area (Å²) in [6.45, 7) is 14.5. The van der Waals surface area contributed by atoms with Gasteiger partial charge in [-0.2, -0.15) is 0 Å². The molecule has 26 heavy (non-hydrogen) atoms. The van der Waals surface area contributed by atoms with E-state index in [1.807, 2.05) is 6.92 Å². The van der Waals surface area contributed by atoms with Gasteiger partial charge in [0.15, 0.2) is 5.70 Å². The van der Waals surface area contributed by atoms with Gasteiger partial charge in [-0.3, -0.25) is 0 Å². The van der Waals surface area contributed by atoms with Crippen molar-refractivity contribution >= 4 is 0 Å². The maximum Gasteiger partial charge on any atom is 0.162 e. The summed E-state index contributed by atoms with van der Waals surface area (Å²) < 4.78 is 0. The summed E-state index contributed by atoms with van der Waals surface area (Å²) in [6, 6.07) is 0. The van der Waals surface area contributed by atoms with Crippen molar-refractivity contribution in [2.24, 2.45) is 40.4 Å². The van der Waals surface area contributed by atoms with Gasteiger partial charge in [0.1, 0.15) is 0 Å². The molecule has 144 valence electrons. The minimum atomic E-state index is -0.314.